The standard InChI is InChI=1S/C23H29NO11/c1-12-8-7-9-18(10-12)24-23(30)22(35-17(6)29)21(34-16(5)28)20(33-15(4)27)19(32-14(3)26)11-31-13(2)25/h7-10,19-22H,11H2,1-6H3,(H,24,30). The van der Waals surface area contributed by atoms with Gasteiger partial charge < -0.3 is 29.0 Å². The Kier molecular flexibility index (Phi) is 11.4. The van der Waals surface area contributed by atoms with Gasteiger partial charge in [-0.2, -0.15) is 0 Å². The molecule has 12 nitrogen and oxygen atoms in total. The van der Waals surface area contributed by atoms with E-state index in [1.807, 2.05) is 0 Å². The Morgan fingerprint density at radius 2 is 1.29 bits per heavy atom. The number of anilines is 1. The molecule has 1 aromatic carbocycles. The number of amides is 1. The van der Waals surface area contributed by atoms with Crippen molar-refractivity contribution in [1.82, 2.24) is 0 Å². The lowest BCUT2D eigenvalue weighted by atomic mass is 10.0. The van der Waals surface area contributed by atoms with E-state index in [9.17, 15) is 28.8 Å². The molecule has 0 aliphatic rings. The third-order valence-corrected chi connectivity index (χ3v) is 4.20. The van der Waals surface area contributed by atoms with Crippen LogP contribution >= 0.6 is 0 Å². The average molecular weight is 495 g/mol. The Morgan fingerprint density at radius 3 is 1.77 bits per heavy atom. The van der Waals surface area contributed by atoms with Gasteiger partial charge in [0.05, 0.1) is 0 Å². The zero-order valence-electron chi connectivity index (χ0n) is 20.3. The molecule has 0 fully saturated rings. The number of benzene rings is 1. The number of ether oxygens (including phenoxy) is 5. The number of nitrogens with one attached hydrogen (secondary N) is 1. The fourth-order valence-electron chi connectivity index (χ4n) is 3.03. The Balaban J connectivity index is 3.53. The minimum atomic E-state index is -1.85. The molecule has 192 valence electrons. The molecule has 12 heteroatoms. The highest BCUT2D eigenvalue weighted by molar-refractivity contribution is 5.96. The van der Waals surface area contributed by atoms with Gasteiger partial charge in [0.1, 0.15) is 6.61 Å². The van der Waals surface area contributed by atoms with E-state index in [-0.39, 0.29) is 0 Å². The highest BCUT2D eigenvalue weighted by atomic mass is 16.6. The fraction of sp³-hybridized carbons (Fsp3) is 0.478. The molecule has 0 spiro atoms. The van der Waals surface area contributed by atoms with E-state index < -0.39 is 66.8 Å². The molecule has 0 heterocycles. The molecule has 0 aromatic heterocycles. The molecular formula is C23H29NO11. The number of hydrogen-bond acceptors (Lipinski definition) is 11. The lowest BCUT2D eigenvalue weighted by Crippen LogP contribution is -2.56. The summed E-state index contributed by atoms with van der Waals surface area (Å²) >= 11 is 0. The largest absolute Gasteiger partial charge is 0.462 e. The van der Waals surface area contributed by atoms with E-state index in [0.29, 0.717) is 5.69 Å². The first-order valence-electron chi connectivity index (χ1n) is 10.5. The summed E-state index contributed by atoms with van der Waals surface area (Å²) < 4.78 is 25.7. The second kappa shape index (κ2) is 13.7. The maximum atomic E-state index is 13.2. The van der Waals surface area contributed by atoms with Crippen molar-refractivity contribution in [3.8, 4) is 0 Å². The van der Waals surface area contributed by atoms with E-state index in [1.165, 1.54) is 0 Å². The normalized spacial score (nSPS) is 13.8. The minimum absolute atomic E-state index is 0.342. The van der Waals surface area contributed by atoms with Crippen LogP contribution in [0.15, 0.2) is 24.3 Å². The molecule has 0 bridgehead atoms. The molecule has 0 aliphatic carbocycles. The summed E-state index contributed by atoms with van der Waals surface area (Å²) in [7, 11) is 0. The van der Waals surface area contributed by atoms with Gasteiger partial charge in [-0.15, -0.1) is 0 Å². The summed E-state index contributed by atoms with van der Waals surface area (Å²) in [5.74, 6) is -5.29. The maximum Gasteiger partial charge on any atom is 0.303 e. The molecule has 35 heavy (non-hydrogen) atoms. The van der Waals surface area contributed by atoms with E-state index in [2.05, 4.69) is 5.32 Å². The van der Waals surface area contributed by atoms with E-state index in [1.54, 1.807) is 31.2 Å². The van der Waals surface area contributed by atoms with Crippen LogP contribution in [0.4, 0.5) is 5.69 Å². The second-order valence-electron chi connectivity index (χ2n) is 7.49. The molecular weight excluding hydrogens is 466 g/mol. The number of esters is 5. The van der Waals surface area contributed by atoms with Crippen LogP contribution in [0.3, 0.4) is 0 Å². The first-order chi connectivity index (χ1) is 16.3. The van der Waals surface area contributed by atoms with Crippen molar-refractivity contribution in [2.24, 2.45) is 0 Å². The molecule has 0 radical (unpaired) electrons. The van der Waals surface area contributed by atoms with Crippen LogP contribution in [0.25, 0.3) is 0 Å². The van der Waals surface area contributed by atoms with Gasteiger partial charge >= 0.3 is 29.8 Å². The maximum absolute atomic E-state index is 13.2. The predicted octanol–water partition coefficient (Wildman–Crippen LogP) is 1.22. The SMILES string of the molecule is CC(=O)OCC(OC(C)=O)C(OC(C)=O)C(OC(C)=O)C(OC(C)=O)C(=O)Nc1cccc(C)c1. The van der Waals surface area contributed by atoms with Crippen LogP contribution in [0.2, 0.25) is 0 Å². The Morgan fingerprint density at radius 1 is 0.743 bits per heavy atom. The van der Waals surface area contributed by atoms with Gasteiger partial charge in [0.25, 0.3) is 5.91 Å². The molecule has 1 rings (SSSR count). The Bertz CT molecular complexity index is 959. The monoisotopic (exact) mass is 495 g/mol. The zero-order valence-corrected chi connectivity index (χ0v) is 20.3. The third-order valence-electron chi connectivity index (χ3n) is 4.20. The van der Waals surface area contributed by atoms with Gasteiger partial charge in [-0.25, -0.2) is 0 Å². The number of rotatable bonds is 11. The molecule has 4 atom stereocenters. The van der Waals surface area contributed by atoms with Gasteiger partial charge in [0, 0.05) is 40.3 Å². The van der Waals surface area contributed by atoms with Crippen molar-refractivity contribution in [1.29, 1.82) is 0 Å². The molecule has 0 aliphatic heterocycles. The van der Waals surface area contributed by atoms with Gasteiger partial charge in [0.2, 0.25) is 6.10 Å². The number of carbonyl (C=O) groups excluding carboxylic acids is 6. The molecule has 4 unspecified atom stereocenters. The van der Waals surface area contributed by atoms with Crippen LogP contribution in [-0.2, 0) is 52.5 Å². The average Bonchev–Trinajstić information content (AvgIpc) is 2.71. The van der Waals surface area contributed by atoms with Crippen molar-refractivity contribution in [3.63, 3.8) is 0 Å². The summed E-state index contributed by atoms with van der Waals surface area (Å²) in [5, 5.41) is 2.54. The topological polar surface area (TPSA) is 161 Å². The fourth-order valence-corrected chi connectivity index (χ4v) is 3.03. The first-order valence-corrected chi connectivity index (χ1v) is 10.5. The lowest BCUT2D eigenvalue weighted by molar-refractivity contribution is -0.202. The zero-order chi connectivity index (χ0) is 26.7. The number of aryl methyl sites for hydroxylation is 1. The van der Waals surface area contributed by atoms with Crippen molar-refractivity contribution in [3.05, 3.63) is 29.8 Å². The predicted molar refractivity (Wildman–Crippen MR) is 119 cm³/mol. The molecule has 0 saturated carbocycles. The van der Waals surface area contributed by atoms with Crippen LogP contribution < -0.4 is 5.32 Å². The number of hydrogen-bond donors (Lipinski definition) is 1. The van der Waals surface area contributed by atoms with Gasteiger partial charge in [-0.1, -0.05) is 12.1 Å². The van der Waals surface area contributed by atoms with Crippen molar-refractivity contribution < 1.29 is 52.5 Å². The summed E-state index contributed by atoms with van der Waals surface area (Å²) in [6.07, 6.45) is -6.86. The van der Waals surface area contributed by atoms with Crippen LogP contribution in [0.1, 0.15) is 40.2 Å². The van der Waals surface area contributed by atoms with Gasteiger partial charge in [-0.3, -0.25) is 28.8 Å². The molecule has 1 N–H and O–H groups in total. The highest BCUT2D eigenvalue weighted by Gasteiger charge is 2.47. The van der Waals surface area contributed by atoms with Crippen molar-refractivity contribution in [2.75, 3.05) is 11.9 Å². The third kappa shape index (κ3) is 10.7. The Labute approximate surface area is 202 Å². The van der Waals surface area contributed by atoms with Crippen molar-refractivity contribution in [2.45, 2.75) is 66.0 Å². The van der Waals surface area contributed by atoms with E-state index in [0.717, 1.165) is 40.2 Å². The first kappa shape index (κ1) is 29.1. The summed E-state index contributed by atoms with van der Waals surface area (Å²) in [6, 6.07) is 6.67. The molecule has 1 amide bonds. The smallest absolute Gasteiger partial charge is 0.303 e. The number of carbonyl (C=O) groups is 6. The quantitative estimate of drug-likeness (QED) is 0.347. The van der Waals surface area contributed by atoms with E-state index in [4.69, 9.17) is 23.7 Å². The van der Waals surface area contributed by atoms with Gasteiger partial charge in [0.15, 0.2) is 18.3 Å². The van der Waals surface area contributed by atoms with Crippen LogP contribution in [0.5, 0.6) is 0 Å². The minimum Gasteiger partial charge on any atom is -0.462 e. The highest BCUT2D eigenvalue weighted by Crippen LogP contribution is 2.22. The van der Waals surface area contributed by atoms with Crippen molar-refractivity contribution >= 4 is 41.4 Å². The van der Waals surface area contributed by atoms with Crippen LogP contribution in [0, 0.1) is 6.92 Å². The Hall–Kier alpha value is -3.96. The second-order valence-corrected chi connectivity index (χ2v) is 7.49. The summed E-state index contributed by atoms with van der Waals surface area (Å²) in [4.78, 5) is 71.9. The molecule has 1 aromatic rings. The van der Waals surface area contributed by atoms with Gasteiger partial charge in [-0.05, 0) is 24.6 Å². The lowest BCUT2D eigenvalue weighted by Gasteiger charge is -2.34. The van der Waals surface area contributed by atoms with E-state index >= 15 is 0 Å². The van der Waals surface area contributed by atoms with Crippen LogP contribution in [-0.4, -0.2) is 66.8 Å². The summed E-state index contributed by atoms with van der Waals surface area (Å²) in [6.45, 7) is 6.34. The molecule has 0 saturated heterocycles. The summed E-state index contributed by atoms with van der Waals surface area (Å²) in [5.41, 5.74) is 1.16.